The normalized spacial score (nSPS) is 15.7. The molecule has 3 rings (SSSR count). The average molecular weight is 268 g/mol. The summed E-state index contributed by atoms with van der Waals surface area (Å²) in [6, 6.07) is 18.2. The van der Waals surface area contributed by atoms with Crippen LogP contribution in [-0.2, 0) is 0 Å². The van der Waals surface area contributed by atoms with Crippen LogP contribution in [0.15, 0.2) is 54.6 Å². The fourth-order valence-electron chi connectivity index (χ4n) is 2.51. The van der Waals surface area contributed by atoms with Gasteiger partial charge in [0.2, 0.25) is 0 Å². The molecule has 1 saturated heterocycles. The van der Waals surface area contributed by atoms with E-state index in [0.29, 0.717) is 0 Å². The molecule has 3 heteroatoms. The van der Waals surface area contributed by atoms with Crippen molar-refractivity contribution in [3.05, 3.63) is 54.6 Å². The van der Waals surface area contributed by atoms with Crippen molar-refractivity contribution in [1.82, 2.24) is 5.32 Å². The van der Waals surface area contributed by atoms with Gasteiger partial charge in [0.05, 0.1) is 5.69 Å². The maximum atomic E-state index is 6.04. The van der Waals surface area contributed by atoms with Crippen LogP contribution in [-0.4, -0.2) is 26.2 Å². The minimum atomic E-state index is 0.882. The van der Waals surface area contributed by atoms with Crippen molar-refractivity contribution >= 4 is 5.69 Å². The summed E-state index contributed by atoms with van der Waals surface area (Å²) in [5.41, 5.74) is 1.18. The molecule has 1 aliphatic heterocycles. The number of benzene rings is 2. The van der Waals surface area contributed by atoms with Gasteiger partial charge in [-0.15, -0.1) is 0 Å². The van der Waals surface area contributed by atoms with Crippen LogP contribution in [0, 0.1) is 0 Å². The first-order chi connectivity index (χ1) is 9.93. The van der Waals surface area contributed by atoms with E-state index in [-0.39, 0.29) is 0 Å². The zero-order valence-corrected chi connectivity index (χ0v) is 11.6. The Morgan fingerprint density at radius 1 is 0.850 bits per heavy atom. The van der Waals surface area contributed by atoms with Crippen molar-refractivity contribution in [3.8, 4) is 11.5 Å². The fraction of sp³-hybridized carbons (Fsp3) is 0.294. The van der Waals surface area contributed by atoms with Gasteiger partial charge in [-0.1, -0.05) is 30.3 Å². The van der Waals surface area contributed by atoms with Crippen molar-refractivity contribution < 1.29 is 4.74 Å². The summed E-state index contributed by atoms with van der Waals surface area (Å²) in [6.07, 6.45) is 1.17. The lowest BCUT2D eigenvalue weighted by Gasteiger charge is -2.24. The van der Waals surface area contributed by atoms with Gasteiger partial charge in [-0.25, -0.2) is 0 Å². The van der Waals surface area contributed by atoms with E-state index in [9.17, 15) is 0 Å². The van der Waals surface area contributed by atoms with Crippen molar-refractivity contribution in [2.24, 2.45) is 0 Å². The molecule has 1 aliphatic rings. The molecule has 0 saturated carbocycles. The van der Waals surface area contributed by atoms with Gasteiger partial charge in [0.15, 0.2) is 5.75 Å². The summed E-state index contributed by atoms with van der Waals surface area (Å²) in [4.78, 5) is 2.40. The molecule has 1 heterocycles. The molecule has 0 bridgehead atoms. The Labute approximate surface area is 120 Å². The summed E-state index contributed by atoms with van der Waals surface area (Å²) in [7, 11) is 0. The van der Waals surface area contributed by atoms with E-state index in [1.54, 1.807) is 0 Å². The molecule has 3 nitrogen and oxygen atoms in total. The highest BCUT2D eigenvalue weighted by atomic mass is 16.5. The summed E-state index contributed by atoms with van der Waals surface area (Å²) in [5, 5.41) is 3.43. The van der Waals surface area contributed by atoms with Crippen LogP contribution in [0.5, 0.6) is 11.5 Å². The minimum absolute atomic E-state index is 0.882. The second kappa shape index (κ2) is 6.44. The Hall–Kier alpha value is -2.00. The fourth-order valence-corrected chi connectivity index (χ4v) is 2.51. The molecule has 0 spiro atoms. The van der Waals surface area contributed by atoms with Crippen LogP contribution < -0.4 is 15.0 Å². The zero-order valence-electron chi connectivity index (χ0n) is 11.6. The number of nitrogens with one attached hydrogen (secondary N) is 1. The molecule has 0 radical (unpaired) electrons. The van der Waals surface area contributed by atoms with Gasteiger partial charge in [-0.05, 0) is 37.2 Å². The molecule has 20 heavy (non-hydrogen) atoms. The second-order valence-corrected chi connectivity index (χ2v) is 4.97. The maximum absolute atomic E-state index is 6.04. The Bertz CT molecular complexity index is 534. The molecule has 0 unspecified atom stereocenters. The molecule has 0 aromatic heterocycles. The van der Waals surface area contributed by atoms with Crippen molar-refractivity contribution in [2.75, 3.05) is 31.1 Å². The standard InChI is InChI=1S/C17H20N2O/c1-2-7-15(8-3-1)20-17-10-5-4-9-16(17)19-13-6-11-18-12-14-19/h1-5,7-10,18H,6,11-14H2. The Morgan fingerprint density at radius 2 is 1.65 bits per heavy atom. The van der Waals surface area contributed by atoms with E-state index >= 15 is 0 Å². The van der Waals surface area contributed by atoms with Crippen molar-refractivity contribution in [2.45, 2.75) is 6.42 Å². The maximum Gasteiger partial charge on any atom is 0.150 e. The van der Waals surface area contributed by atoms with Gasteiger partial charge < -0.3 is 15.0 Å². The van der Waals surface area contributed by atoms with Gasteiger partial charge >= 0.3 is 0 Å². The number of rotatable bonds is 3. The molecular weight excluding hydrogens is 248 g/mol. The van der Waals surface area contributed by atoms with E-state index in [1.807, 2.05) is 42.5 Å². The first kappa shape index (κ1) is 13.0. The van der Waals surface area contributed by atoms with Crippen LogP contribution in [0.4, 0.5) is 5.69 Å². The van der Waals surface area contributed by atoms with E-state index < -0.39 is 0 Å². The van der Waals surface area contributed by atoms with E-state index in [1.165, 1.54) is 12.1 Å². The van der Waals surface area contributed by atoms with E-state index in [2.05, 4.69) is 22.3 Å². The number of hydrogen-bond donors (Lipinski definition) is 1. The van der Waals surface area contributed by atoms with Gasteiger partial charge in [-0.2, -0.15) is 0 Å². The lowest BCUT2D eigenvalue weighted by atomic mass is 10.2. The Morgan fingerprint density at radius 3 is 2.55 bits per heavy atom. The van der Waals surface area contributed by atoms with Gasteiger partial charge in [-0.3, -0.25) is 0 Å². The predicted molar refractivity (Wildman–Crippen MR) is 82.7 cm³/mol. The van der Waals surface area contributed by atoms with Crippen LogP contribution in [0.2, 0.25) is 0 Å². The molecule has 0 aliphatic carbocycles. The smallest absolute Gasteiger partial charge is 0.150 e. The van der Waals surface area contributed by atoms with E-state index in [0.717, 1.165) is 37.7 Å². The number of ether oxygens (including phenoxy) is 1. The van der Waals surface area contributed by atoms with Crippen molar-refractivity contribution in [1.29, 1.82) is 0 Å². The monoisotopic (exact) mass is 268 g/mol. The third-order valence-electron chi connectivity index (χ3n) is 3.52. The molecule has 1 N–H and O–H groups in total. The van der Waals surface area contributed by atoms with Gasteiger partial charge in [0.1, 0.15) is 5.75 Å². The minimum Gasteiger partial charge on any atom is -0.455 e. The van der Waals surface area contributed by atoms with Crippen LogP contribution in [0.25, 0.3) is 0 Å². The average Bonchev–Trinajstić information content (AvgIpc) is 2.78. The Kier molecular flexibility index (Phi) is 4.19. The highest BCUT2D eigenvalue weighted by Gasteiger charge is 2.14. The second-order valence-electron chi connectivity index (χ2n) is 4.97. The SMILES string of the molecule is c1ccc(Oc2ccccc2N2CCCNCC2)cc1. The number of para-hydroxylation sites is 3. The molecule has 1 fully saturated rings. The molecule has 104 valence electrons. The van der Waals surface area contributed by atoms with Crippen LogP contribution >= 0.6 is 0 Å². The number of anilines is 1. The third kappa shape index (κ3) is 3.11. The molecule has 0 amide bonds. The van der Waals surface area contributed by atoms with Crippen LogP contribution in [0.3, 0.4) is 0 Å². The van der Waals surface area contributed by atoms with Crippen molar-refractivity contribution in [3.63, 3.8) is 0 Å². The van der Waals surface area contributed by atoms with E-state index in [4.69, 9.17) is 4.74 Å². The first-order valence-corrected chi connectivity index (χ1v) is 7.21. The summed E-state index contributed by atoms with van der Waals surface area (Å²) in [6.45, 7) is 4.22. The predicted octanol–water partition coefficient (Wildman–Crippen LogP) is 3.28. The third-order valence-corrected chi connectivity index (χ3v) is 3.52. The Balaban J connectivity index is 1.84. The quantitative estimate of drug-likeness (QED) is 0.924. The summed E-state index contributed by atoms with van der Waals surface area (Å²) < 4.78 is 6.04. The van der Waals surface area contributed by atoms with Gasteiger partial charge in [0.25, 0.3) is 0 Å². The summed E-state index contributed by atoms with van der Waals surface area (Å²) >= 11 is 0. The van der Waals surface area contributed by atoms with Crippen LogP contribution in [0.1, 0.15) is 6.42 Å². The lowest BCUT2D eigenvalue weighted by molar-refractivity contribution is 0.481. The highest BCUT2D eigenvalue weighted by Crippen LogP contribution is 2.32. The lowest BCUT2D eigenvalue weighted by Crippen LogP contribution is -2.28. The van der Waals surface area contributed by atoms with Gasteiger partial charge in [0, 0.05) is 19.6 Å². The topological polar surface area (TPSA) is 24.5 Å². The largest absolute Gasteiger partial charge is 0.455 e. The molecule has 2 aromatic carbocycles. The zero-order chi connectivity index (χ0) is 13.6. The number of nitrogens with zero attached hydrogens (tertiary/aromatic N) is 1. The molecule has 0 atom stereocenters. The number of hydrogen-bond acceptors (Lipinski definition) is 3. The first-order valence-electron chi connectivity index (χ1n) is 7.21. The molecule has 2 aromatic rings. The highest BCUT2D eigenvalue weighted by molar-refractivity contribution is 5.59. The summed E-state index contributed by atoms with van der Waals surface area (Å²) in [5.74, 6) is 1.81. The molecular formula is C17H20N2O.